The van der Waals surface area contributed by atoms with Gasteiger partial charge < -0.3 is 9.84 Å². The molecule has 8 atom stereocenters. The topological polar surface area (TPSA) is 29.5 Å². The van der Waals surface area contributed by atoms with E-state index in [-0.39, 0.29) is 5.41 Å². The molecule has 1 N–H and O–H groups in total. The molecule has 0 radical (unpaired) electrons. The smallest absolute Gasteiger partial charge is 0.177 e. The van der Waals surface area contributed by atoms with Crippen LogP contribution in [0.2, 0.25) is 0 Å². The van der Waals surface area contributed by atoms with Crippen molar-refractivity contribution in [2.45, 2.75) is 98.7 Å². The van der Waals surface area contributed by atoms with E-state index in [0.717, 1.165) is 48.5 Å². The zero-order valence-electron chi connectivity index (χ0n) is 19.0. The number of hydrogen-bond donors (Lipinski definition) is 1. The number of rotatable bonds is 5. The largest absolute Gasteiger partial charge is 0.364 e. The lowest BCUT2D eigenvalue weighted by atomic mass is 9.48. The van der Waals surface area contributed by atoms with Crippen LogP contribution >= 0.6 is 0 Å². The molecule has 4 rings (SSSR count). The number of fused-ring (bicyclic) bond motifs is 5. The highest BCUT2D eigenvalue weighted by Gasteiger charge is 2.59. The third kappa shape index (κ3) is 3.31. The molecule has 28 heavy (non-hydrogen) atoms. The van der Waals surface area contributed by atoms with Crippen molar-refractivity contribution in [1.82, 2.24) is 0 Å². The van der Waals surface area contributed by atoms with Gasteiger partial charge in [0.15, 0.2) is 6.29 Å². The molecule has 1 saturated heterocycles. The second-order valence-corrected chi connectivity index (χ2v) is 11.7. The fourth-order valence-corrected chi connectivity index (χ4v) is 8.33. The summed E-state index contributed by atoms with van der Waals surface area (Å²) in [4.78, 5) is 0. The fourth-order valence-electron chi connectivity index (χ4n) is 8.33. The molecular formula is C26H44O2. The first-order valence-corrected chi connectivity index (χ1v) is 12.3. The predicted octanol–water partition coefficient (Wildman–Crippen LogP) is 6.58. The summed E-state index contributed by atoms with van der Waals surface area (Å²) in [6.07, 6.45) is 13.9. The minimum atomic E-state index is -0.648. The molecule has 0 bridgehead atoms. The van der Waals surface area contributed by atoms with Gasteiger partial charge in [-0.3, -0.25) is 0 Å². The summed E-state index contributed by atoms with van der Waals surface area (Å²) in [7, 11) is 0. The van der Waals surface area contributed by atoms with Gasteiger partial charge in [0.2, 0.25) is 0 Å². The van der Waals surface area contributed by atoms with Crippen LogP contribution in [-0.2, 0) is 4.74 Å². The molecule has 0 spiro atoms. The fraction of sp³-hybridized carbons (Fsp3) is 0.923. The van der Waals surface area contributed by atoms with Crippen LogP contribution < -0.4 is 0 Å². The molecule has 0 aromatic carbocycles. The van der Waals surface area contributed by atoms with Crippen LogP contribution in [0.4, 0.5) is 0 Å². The molecule has 0 aromatic rings. The van der Waals surface area contributed by atoms with E-state index in [0.29, 0.717) is 5.41 Å². The van der Waals surface area contributed by atoms with Crippen molar-refractivity contribution < 1.29 is 9.84 Å². The first-order chi connectivity index (χ1) is 13.3. The second kappa shape index (κ2) is 7.73. The number of aliphatic hydroxyl groups is 1. The van der Waals surface area contributed by atoms with Crippen molar-refractivity contribution in [2.24, 2.45) is 46.3 Å². The second-order valence-electron chi connectivity index (χ2n) is 11.7. The Morgan fingerprint density at radius 2 is 1.86 bits per heavy atom. The molecule has 2 heteroatoms. The number of allylic oxidation sites excluding steroid dienone is 1. The first-order valence-electron chi connectivity index (χ1n) is 12.3. The quantitative estimate of drug-likeness (QED) is 0.539. The first kappa shape index (κ1) is 20.9. The van der Waals surface area contributed by atoms with E-state index in [1.807, 2.05) is 0 Å². The van der Waals surface area contributed by atoms with Gasteiger partial charge in [0.05, 0.1) is 6.61 Å². The van der Waals surface area contributed by atoms with Gasteiger partial charge in [-0.05, 0) is 90.4 Å². The monoisotopic (exact) mass is 388 g/mol. The summed E-state index contributed by atoms with van der Waals surface area (Å²) in [5.74, 6) is 5.10. The minimum absolute atomic E-state index is 0.170. The summed E-state index contributed by atoms with van der Waals surface area (Å²) in [5, 5.41) is 10.4. The summed E-state index contributed by atoms with van der Waals surface area (Å²) in [6.45, 7) is 13.1. The lowest BCUT2D eigenvalue weighted by molar-refractivity contribution is -0.144. The van der Waals surface area contributed by atoms with Gasteiger partial charge in [0.1, 0.15) is 0 Å². The standard InChI is InChI=1S/C26H44O2/c1-17(2)7-6-8-18(3)20-11-12-21-19-9-10-23-24(27)28-16-15-26(23,5)22(19)13-14-25(20,21)4/h10,17-22,24,27H,6-9,11-16H2,1-5H3/t18-,19+,20-,21+,22+,24?,25-,26-/m1/s1. The highest BCUT2D eigenvalue weighted by Crippen LogP contribution is 2.66. The zero-order valence-corrected chi connectivity index (χ0v) is 19.0. The summed E-state index contributed by atoms with van der Waals surface area (Å²) in [6, 6.07) is 0. The Labute approximate surface area is 173 Å². The van der Waals surface area contributed by atoms with E-state index in [1.54, 1.807) is 0 Å². The molecule has 3 aliphatic carbocycles. The van der Waals surface area contributed by atoms with E-state index in [2.05, 4.69) is 40.7 Å². The zero-order chi connectivity index (χ0) is 20.1. The molecular weight excluding hydrogens is 344 g/mol. The Kier molecular flexibility index (Phi) is 5.77. The van der Waals surface area contributed by atoms with E-state index < -0.39 is 6.29 Å². The molecule has 0 aromatic heterocycles. The van der Waals surface area contributed by atoms with E-state index in [4.69, 9.17) is 4.74 Å². The van der Waals surface area contributed by atoms with Crippen LogP contribution in [0.15, 0.2) is 11.6 Å². The molecule has 1 unspecified atom stereocenters. The molecule has 4 aliphatic rings. The van der Waals surface area contributed by atoms with Gasteiger partial charge in [-0.1, -0.05) is 60.0 Å². The molecule has 1 aliphatic heterocycles. The van der Waals surface area contributed by atoms with E-state index >= 15 is 0 Å². The van der Waals surface area contributed by atoms with Crippen molar-refractivity contribution in [3.63, 3.8) is 0 Å². The van der Waals surface area contributed by atoms with Crippen LogP contribution in [-0.4, -0.2) is 18.0 Å². The number of ether oxygens (including phenoxy) is 1. The Morgan fingerprint density at radius 1 is 1.07 bits per heavy atom. The van der Waals surface area contributed by atoms with Crippen molar-refractivity contribution >= 4 is 0 Å². The van der Waals surface area contributed by atoms with E-state index in [9.17, 15) is 5.11 Å². The van der Waals surface area contributed by atoms with Crippen LogP contribution in [0.3, 0.4) is 0 Å². The molecule has 2 nitrogen and oxygen atoms in total. The normalized spacial score (nSPS) is 46.5. The van der Waals surface area contributed by atoms with Crippen molar-refractivity contribution in [3.8, 4) is 0 Å². The predicted molar refractivity (Wildman–Crippen MR) is 116 cm³/mol. The van der Waals surface area contributed by atoms with Crippen LogP contribution in [0.1, 0.15) is 92.4 Å². The van der Waals surface area contributed by atoms with Crippen molar-refractivity contribution in [3.05, 3.63) is 11.6 Å². The van der Waals surface area contributed by atoms with Crippen molar-refractivity contribution in [1.29, 1.82) is 0 Å². The Balaban J connectivity index is 1.50. The number of hydrogen-bond acceptors (Lipinski definition) is 2. The van der Waals surface area contributed by atoms with Gasteiger partial charge in [-0.25, -0.2) is 0 Å². The average Bonchev–Trinajstić information content (AvgIpc) is 2.98. The highest BCUT2D eigenvalue weighted by molar-refractivity contribution is 5.25. The maximum absolute atomic E-state index is 10.4. The molecule has 160 valence electrons. The maximum Gasteiger partial charge on any atom is 0.177 e. The number of aliphatic hydroxyl groups excluding tert-OH is 1. The third-order valence-corrected chi connectivity index (χ3v) is 9.89. The lowest BCUT2D eigenvalue weighted by Crippen LogP contribution is -2.52. The van der Waals surface area contributed by atoms with Gasteiger partial charge in [-0.2, -0.15) is 0 Å². The van der Waals surface area contributed by atoms with Gasteiger partial charge in [0.25, 0.3) is 0 Å². The Bertz CT molecular complexity index is 595. The van der Waals surface area contributed by atoms with Gasteiger partial charge in [0, 0.05) is 0 Å². The van der Waals surface area contributed by atoms with Crippen LogP contribution in [0, 0.1) is 46.3 Å². The van der Waals surface area contributed by atoms with E-state index in [1.165, 1.54) is 56.9 Å². The van der Waals surface area contributed by atoms with Gasteiger partial charge >= 0.3 is 0 Å². The molecule has 3 fully saturated rings. The Hall–Kier alpha value is -0.340. The molecule has 2 saturated carbocycles. The summed E-state index contributed by atoms with van der Waals surface area (Å²) >= 11 is 0. The lowest BCUT2D eigenvalue weighted by Gasteiger charge is -2.58. The average molecular weight is 389 g/mol. The summed E-state index contributed by atoms with van der Waals surface area (Å²) < 4.78 is 5.59. The summed E-state index contributed by atoms with van der Waals surface area (Å²) in [5.41, 5.74) is 1.92. The molecule has 1 heterocycles. The van der Waals surface area contributed by atoms with Crippen molar-refractivity contribution in [2.75, 3.05) is 6.61 Å². The van der Waals surface area contributed by atoms with Gasteiger partial charge in [-0.15, -0.1) is 0 Å². The third-order valence-electron chi connectivity index (χ3n) is 9.89. The minimum Gasteiger partial charge on any atom is -0.364 e. The Morgan fingerprint density at radius 3 is 2.61 bits per heavy atom. The highest BCUT2D eigenvalue weighted by atomic mass is 16.6. The van der Waals surface area contributed by atoms with Crippen LogP contribution in [0.25, 0.3) is 0 Å². The van der Waals surface area contributed by atoms with Crippen LogP contribution in [0.5, 0.6) is 0 Å². The maximum atomic E-state index is 10.4. The SMILES string of the molecule is CC(C)CCC[C@@H](C)[C@H]1CC[C@H]2[C@@H]3CC=C4C(O)OCC[C@]4(C)[C@H]3CC[C@]12C. The molecule has 0 amide bonds.